The van der Waals surface area contributed by atoms with Crippen LogP contribution in [0.3, 0.4) is 0 Å². The van der Waals surface area contributed by atoms with Crippen LogP contribution in [-0.4, -0.2) is 33.5 Å². The van der Waals surface area contributed by atoms with Crippen LogP contribution in [0.25, 0.3) is 0 Å². The molecule has 4 nitrogen and oxygen atoms in total. The predicted molar refractivity (Wildman–Crippen MR) is 136 cm³/mol. The number of hydrogen-bond acceptors (Lipinski definition) is 3. The number of aliphatic hydroxyl groups excluding tert-OH is 2. The van der Waals surface area contributed by atoms with Gasteiger partial charge in [0.25, 0.3) is 0 Å². The van der Waals surface area contributed by atoms with Crippen molar-refractivity contribution in [1.82, 2.24) is 0 Å². The van der Waals surface area contributed by atoms with E-state index in [2.05, 4.69) is 34.6 Å². The van der Waals surface area contributed by atoms with Crippen molar-refractivity contribution in [2.75, 3.05) is 0 Å². The first-order valence-electron chi connectivity index (χ1n) is 14.6. The summed E-state index contributed by atoms with van der Waals surface area (Å²) in [4.78, 5) is 11.2. The Hall–Kier alpha value is -0.610. The molecule has 196 valence electrons. The molecular formula is C30H52O4. The molecule has 12 atom stereocenters. The van der Waals surface area contributed by atoms with Crippen LogP contribution in [-0.2, 0) is 4.79 Å². The summed E-state index contributed by atoms with van der Waals surface area (Å²) in [5.41, 5.74) is 0.621. The van der Waals surface area contributed by atoms with Gasteiger partial charge >= 0.3 is 5.97 Å². The van der Waals surface area contributed by atoms with Crippen LogP contribution in [0.15, 0.2) is 0 Å². The van der Waals surface area contributed by atoms with Gasteiger partial charge in [-0.3, -0.25) is 4.79 Å². The van der Waals surface area contributed by atoms with E-state index in [0.717, 1.165) is 44.4 Å². The number of carboxylic acid groups (broad SMARTS) is 1. The normalized spacial score (nSPS) is 46.6. The first kappa shape index (κ1) is 26.5. The quantitative estimate of drug-likeness (QED) is 0.372. The Morgan fingerprint density at radius 2 is 1.62 bits per heavy atom. The van der Waals surface area contributed by atoms with E-state index in [9.17, 15) is 20.1 Å². The molecule has 34 heavy (non-hydrogen) atoms. The third-order valence-corrected chi connectivity index (χ3v) is 12.2. The molecule has 5 unspecified atom stereocenters. The molecule has 0 heterocycles. The van der Waals surface area contributed by atoms with Crippen LogP contribution in [0.4, 0.5) is 0 Å². The summed E-state index contributed by atoms with van der Waals surface area (Å²) in [6.45, 7) is 11.8. The van der Waals surface area contributed by atoms with Crippen molar-refractivity contribution >= 4 is 5.97 Å². The molecule has 4 aliphatic rings. The minimum Gasteiger partial charge on any atom is -0.481 e. The van der Waals surface area contributed by atoms with Crippen LogP contribution in [0.1, 0.15) is 112 Å². The maximum atomic E-state index is 11.4. The number of aliphatic carboxylic acids is 1. The van der Waals surface area contributed by atoms with Crippen molar-refractivity contribution in [2.45, 2.75) is 124 Å². The molecule has 3 N–H and O–H groups in total. The van der Waals surface area contributed by atoms with Crippen LogP contribution in [0.2, 0.25) is 0 Å². The molecule has 0 radical (unpaired) electrons. The minimum absolute atomic E-state index is 0.169. The zero-order valence-electron chi connectivity index (χ0n) is 22.5. The fraction of sp³-hybridized carbons (Fsp3) is 0.967. The molecule has 4 saturated carbocycles. The number of rotatable bonds is 8. The first-order chi connectivity index (χ1) is 16.0. The van der Waals surface area contributed by atoms with Gasteiger partial charge in [0.1, 0.15) is 0 Å². The SMILES string of the molecule is CCC(CC[C@@H](C)[C@H]1CC[C@H]2[C@@H]3C(O)CC4CC(O)CC[C@]4(C)[C@H]3CC[C@]12C)C(C)CC(=O)O. The van der Waals surface area contributed by atoms with Crippen LogP contribution >= 0.6 is 0 Å². The molecule has 0 aromatic heterocycles. The maximum absolute atomic E-state index is 11.4. The lowest BCUT2D eigenvalue weighted by Gasteiger charge is -2.62. The average Bonchev–Trinajstić information content (AvgIpc) is 3.12. The van der Waals surface area contributed by atoms with Gasteiger partial charge in [-0.15, -0.1) is 0 Å². The van der Waals surface area contributed by atoms with Crippen LogP contribution in [0.5, 0.6) is 0 Å². The highest BCUT2D eigenvalue weighted by Crippen LogP contribution is 2.68. The van der Waals surface area contributed by atoms with Gasteiger partial charge in [-0.1, -0.05) is 47.5 Å². The van der Waals surface area contributed by atoms with Crippen molar-refractivity contribution in [3.8, 4) is 0 Å². The van der Waals surface area contributed by atoms with E-state index < -0.39 is 5.97 Å². The molecule has 4 fully saturated rings. The highest BCUT2D eigenvalue weighted by atomic mass is 16.4. The fourth-order valence-corrected chi connectivity index (χ4v) is 10.2. The van der Waals surface area contributed by atoms with Crippen molar-refractivity contribution in [3.63, 3.8) is 0 Å². The summed E-state index contributed by atoms with van der Waals surface area (Å²) >= 11 is 0. The van der Waals surface area contributed by atoms with Crippen molar-refractivity contribution in [3.05, 3.63) is 0 Å². The summed E-state index contributed by atoms with van der Waals surface area (Å²) in [6, 6.07) is 0. The van der Waals surface area contributed by atoms with Gasteiger partial charge < -0.3 is 15.3 Å². The molecule has 4 rings (SSSR count). The van der Waals surface area contributed by atoms with E-state index in [1.165, 1.54) is 32.1 Å². The monoisotopic (exact) mass is 476 g/mol. The van der Waals surface area contributed by atoms with E-state index in [4.69, 9.17) is 0 Å². The lowest BCUT2D eigenvalue weighted by Crippen LogP contribution is -2.58. The lowest BCUT2D eigenvalue weighted by molar-refractivity contribution is -0.174. The Labute approximate surface area is 208 Å². The Kier molecular flexibility index (Phi) is 7.81. The molecule has 4 heteroatoms. The van der Waals surface area contributed by atoms with E-state index in [1.807, 2.05) is 0 Å². The smallest absolute Gasteiger partial charge is 0.303 e. The van der Waals surface area contributed by atoms with Crippen molar-refractivity contribution in [1.29, 1.82) is 0 Å². The topological polar surface area (TPSA) is 77.8 Å². The maximum Gasteiger partial charge on any atom is 0.303 e. The Morgan fingerprint density at radius 1 is 0.941 bits per heavy atom. The summed E-state index contributed by atoms with van der Waals surface area (Å²) in [5.74, 6) is 3.61. The van der Waals surface area contributed by atoms with E-state index in [1.54, 1.807) is 0 Å². The molecule has 0 saturated heterocycles. The van der Waals surface area contributed by atoms with Gasteiger partial charge in [-0.25, -0.2) is 0 Å². The third-order valence-electron chi connectivity index (χ3n) is 12.2. The summed E-state index contributed by atoms with van der Waals surface area (Å²) < 4.78 is 0. The zero-order chi connectivity index (χ0) is 24.8. The standard InChI is InChI=1S/C30H52O4/c1-6-20(19(3)15-27(33)34)8-7-18(2)23-9-10-24-28-25(12-14-30(23,24)5)29(4)13-11-22(31)16-21(29)17-26(28)32/h18-26,28,31-32H,6-17H2,1-5H3,(H,33,34)/t18-,19?,20?,21?,22?,23-,24+,25+,26?,28+,29+,30-/m1/s1. The van der Waals surface area contributed by atoms with Crippen LogP contribution < -0.4 is 0 Å². The zero-order valence-corrected chi connectivity index (χ0v) is 22.5. The first-order valence-corrected chi connectivity index (χ1v) is 14.6. The lowest BCUT2D eigenvalue weighted by atomic mass is 9.43. The van der Waals surface area contributed by atoms with E-state index in [0.29, 0.717) is 46.3 Å². The molecular weight excluding hydrogens is 424 g/mol. The number of aliphatic hydroxyl groups is 2. The Balaban J connectivity index is 1.44. The average molecular weight is 477 g/mol. The number of carboxylic acids is 1. The molecule has 0 aromatic carbocycles. The van der Waals surface area contributed by atoms with Gasteiger partial charge in [0, 0.05) is 6.42 Å². The van der Waals surface area contributed by atoms with Crippen molar-refractivity contribution < 1.29 is 20.1 Å². The highest BCUT2D eigenvalue weighted by molar-refractivity contribution is 5.66. The second kappa shape index (κ2) is 10.0. The number of fused-ring (bicyclic) bond motifs is 5. The van der Waals surface area contributed by atoms with Gasteiger partial charge in [-0.2, -0.15) is 0 Å². The Morgan fingerprint density at radius 3 is 2.29 bits per heavy atom. The second-order valence-corrected chi connectivity index (χ2v) is 13.8. The molecule has 0 bridgehead atoms. The Bertz CT molecular complexity index is 723. The number of hydrogen-bond donors (Lipinski definition) is 3. The van der Waals surface area contributed by atoms with E-state index in [-0.39, 0.29) is 24.5 Å². The molecule has 4 aliphatic carbocycles. The van der Waals surface area contributed by atoms with Gasteiger partial charge in [0.15, 0.2) is 0 Å². The second-order valence-electron chi connectivity index (χ2n) is 13.8. The molecule has 0 aromatic rings. The molecule has 0 aliphatic heterocycles. The highest BCUT2D eigenvalue weighted by Gasteiger charge is 2.62. The summed E-state index contributed by atoms with van der Waals surface area (Å²) in [7, 11) is 0. The van der Waals surface area contributed by atoms with Gasteiger partial charge in [0.2, 0.25) is 0 Å². The predicted octanol–water partition coefficient (Wildman–Crippen LogP) is 6.53. The number of carbonyl (C=O) groups is 1. The summed E-state index contributed by atoms with van der Waals surface area (Å²) in [6.07, 6.45) is 12.2. The summed E-state index contributed by atoms with van der Waals surface area (Å²) in [5, 5.41) is 31.0. The van der Waals surface area contributed by atoms with Gasteiger partial charge in [0.05, 0.1) is 12.2 Å². The fourth-order valence-electron chi connectivity index (χ4n) is 10.2. The van der Waals surface area contributed by atoms with E-state index >= 15 is 0 Å². The van der Waals surface area contributed by atoms with Gasteiger partial charge in [-0.05, 0) is 116 Å². The largest absolute Gasteiger partial charge is 0.481 e. The minimum atomic E-state index is -0.670. The molecule has 0 amide bonds. The molecule has 0 spiro atoms. The van der Waals surface area contributed by atoms with Crippen LogP contribution in [0, 0.1) is 58.2 Å². The van der Waals surface area contributed by atoms with Crippen molar-refractivity contribution in [2.24, 2.45) is 58.2 Å². The third kappa shape index (κ3) is 4.60.